The van der Waals surface area contributed by atoms with Gasteiger partial charge in [0.2, 0.25) is 0 Å². The van der Waals surface area contributed by atoms with E-state index in [2.05, 4.69) is 19.5 Å². The van der Waals surface area contributed by atoms with Crippen molar-refractivity contribution in [3.05, 3.63) is 125 Å². The van der Waals surface area contributed by atoms with Crippen LogP contribution < -0.4 is 5.56 Å². The van der Waals surface area contributed by atoms with Gasteiger partial charge in [0, 0.05) is 48.7 Å². The summed E-state index contributed by atoms with van der Waals surface area (Å²) in [6.45, 7) is 0.688. The molecule has 36 heavy (non-hydrogen) atoms. The van der Waals surface area contributed by atoms with E-state index in [9.17, 15) is 4.79 Å². The molecule has 0 atom stereocenters. The smallest absolute Gasteiger partial charge is 0.267 e. The highest BCUT2D eigenvalue weighted by atomic mass is 35.5. The lowest BCUT2D eigenvalue weighted by molar-refractivity contribution is 0.805. The summed E-state index contributed by atoms with van der Waals surface area (Å²) in [5.41, 5.74) is 3.31. The van der Waals surface area contributed by atoms with Gasteiger partial charge in [-0.2, -0.15) is 0 Å². The Kier molecular flexibility index (Phi) is 5.59. The number of para-hydroxylation sites is 1. The molecular weight excluding hydrogens is 472 g/mol. The summed E-state index contributed by atoms with van der Waals surface area (Å²) in [6.07, 6.45) is 8.84. The van der Waals surface area contributed by atoms with Crippen LogP contribution in [-0.4, -0.2) is 29.1 Å². The summed E-state index contributed by atoms with van der Waals surface area (Å²) in [5.74, 6) is 1.80. The molecule has 0 aliphatic rings. The molecule has 2 aromatic carbocycles. The van der Waals surface area contributed by atoms with Crippen molar-refractivity contribution in [3.8, 4) is 28.6 Å². The molecule has 0 spiro atoms. The Hall–Kier alpha value is -4.62. The molecule has 7 nitrogen and oxygen atoms in total. The van der Waals surface area contributed by atoms with Gasteiger partial charge in [-0.25, -0.2) is 19.5 Å². The minimum atomic E-state index is -0.192. The third kappa shape index (κ3) is 4.06. The number of imidazole rings is 1. The maximum absolute atomic E-state index is 13.5. The van der Waals surface area contributed by atoms with Gasteiger partial charge in [0.05, 0.1) is 15.9 Å². The average Bonchev–Trinajstić information content (AvgIpc) is 3.38. The third-order valence-electron chi connectivity index (χ3n) is 5.94. The summed E-state index contributed by atoms with van der Waals surface area (Å²) in [5, 5.41) is 1.02. The second-order valence-electron chi connectivity index (χ2n) is 8.24. The molecule has 0 saturated heterocycles. The van der Waals surface area contributed by atoms with Crippen LogP contribution in [0, 0.1) is 0 Å². The maximum Gasteiger partial charge on any atom is 0.267 e. The maximum atomic E-state index is 13.5. The SMILES string of the molecule is O=c1c2ccccc2nc(-c2ccc(-c3nccn3Cc3ccncc3)cc2)n1-c1ccc(Cl)cn1. The molecule has 0 aliphatic heterocycles. The molecule has 0 N–H and O–H groups in total. The number of fused-ring (bicyclic) bond motifs is 1. The number of pyridine rings is 2. The summed E-state index contributed by atoms with van der Waals surface area (Å²) >= 11 is 6.04. The topological polar surface area (TPSA) is 78.5 Å². The first kappa shape index (κ1) is 21.9. The first-order chi connectivity index (χ1) is 17.7. The van der Waals surface area contributed by atoms with Crippen LogP contribution in [0.3, 0.4) is 0 Å². The van der Waals surface area contributed by atoms with E-state index in [-0.39, 0.29) is 5.56 Å². The van der Waals surface area contributed by atoms with Crippen LogP contribution in [0.15, 0.2) is 109 Å². The molecule has 4 aromatic heterocycles. The van der Waals surface area contributed by atoms with Gasteiger partial charge >= 0.3 is 0 Å². The van der Waals surface area contributed by atoms with Crippen LogP contribution in [0.4, 0.5) is 0 Å². The monoisotopic (exact) mass is 490 g/mol. The molecular formula is C28H19ClN6O. The fourth-order valence-corrected chi connectivity index (χ4v) is 4.30. The van der Waals surface area contributed by atoms with Gasteiger partial charge in [-0.05, 0) is 42.0 Å². The fraction of sp³-hybridized carbons (Fsp3) is 0.0357. The lowest BCUT2D eigenvalue weighted by atomic mass is 10.1. The lowest BCUT2D eigenvalue weighted by Crippen LogP contribution is -2.22. The molecule has 4 heterocycles. The highest BCUT2D eigenvalue weighted by Gasteiger charge is 2.16. The molecule has 0 amide bonds. The summed E-state index contributed by atoms with van der Waals surface area (Å²) in [4.78, 5) is 31.4. The minimum absolute atomic E-state index is 0.192. The zero-order valence-electron chi connectivity index (χ0n) is 19.0. The fourth-order valence-electron chi connectivity index (χ4n) is 4.19. The standard InChI is InChI=1S/C28H19ClN6O/c29-22-9-10-25(32-17-22)35-27(33-24-4-2-1-3-23(24)28(35)36)21-7-5-20(6-8-21)26-31-15-16-34(26)18-19-11-13-30-14-12-19/h1-17H,18H2. The lowest BCUT2D eigenvalue weighted by Gasteiger charge is -2.14. The van der Waals surface area contributed by atoms with E-state index >= 15 is 0 Å². The summed E-state index contributed by atoms with van der Waals surface area (Å²) in [6, 6.07) is 22.6. The largest absolute Gasteiger partial charge is 0.327 e. The van der Waals surface area contributed by atoms with Crippen LogP contribution in [0.25, 0.3) is 39.5 Å². The predicted molar refractivity (Wildman–Crippen MR) is 140 cm³/mol. The van der Waals surface area contributed by atoms with Crippen molar-refractivity contribution < 1.29 is 0 Å². The number of nitrogens with zero attached hydrogens (tertiary/aromatic N) is 6. The van der Waals surface area contributed by atoms with E-state index in [0.717, 1.165) is 22.5 Å². The highest BCUT2D eigenvalue weighted by Crippen LogP contribution is 2.26. The Labute approximate surface area is 211 Å². The minimum Gasteiger partial charge on any atom is -0.327 e. The van der Waals surface area contributed by atoms with Crippen molar-refractivity contribution in [2.75, 3.05) is 0 Å². The zero-order valence-corrected chi connectivity index (χ0v) is 19.7. The van der Waals surface area contributed by atoms with Crippen molar-refractivity contribution in [3.63, 3.8) is 0 Å². The van der Waals surface area contributed by atoms with Crippen LogP contribution in [0.5, 0.6) is 0 Å². The molecule has 174 valence electrons. The van der Waals surface area contributed by atoms with Crippen molar-refractivity contribution >= 4 is 22.5 Å². The molecule has 0 radical (unpaired) electrons. The van der Waals surface area contributed by atoms with Gasteiger partial charge in [-0.1, -0.05) is 48.0 Å². The summed E-state index contributed by atoms with van der Waals surface area (Å²) < 4.78 is 3.62. The van der Waals surface area contributed by atoms with E-state index in [1.165, 1.54) is 10.8 Å². The normalized spacial score (nSPS) is 11.1. The number of halogens is 1. The molecule has 0 saturated carbocycles. The molecule has 0 fully saturated rings. The second kappa shape index (κ2) is 9.20. The molecule has 0 aliphatic carbocycles. The first-order valence-electron chi connectivity index (χ1n) is 11.3. The van der Waals surface area contributed by atoms with E-state index in [0.29, 0.717) is 34.1 Å². The predicted octanol–water partition coefficient (Wildman–Crippen LogP) is 5.41. The van der Waals surface area contributed by atoms with E-state index in [1.54, 1.807) is 36.8 Å². The Morgan fingerprint density at radius 3 is 2.28 bits per heavy atom. The van der Waals surface area contributed by atoms with E-state index < -0.39 is 0 Å². The number of rotatable bonds is 5. The number of hydrogen-bond donors (Lipinski definition) is 0. The van der Waals surface area contributed by atoms with Gasteiger partial charge in [0.1, 0.15) is 17.5 Å². The van der Waals surface area contributed by atoms with E-state index in [1.807, 2.05) is 60.8 Å². The first-order valence-corrected chi connectivity index (χ1v) is 11.7. The van der Waals surface area contributed by atoms with Crippen LogP contribution in [0.2, 0.25) is 5.02 Å². The Morgan fingerprint density at radius 1 is 0.778 bits per heavy atom. The molecule has 0 unspecified atom stereocenters. The zero-order chi connectivity index (χ0) is 24.5. The second-order valence-corrected chi connectivity index (χ2v) is 8.68. The van der Waals surface area contributed by atoms with Crippen molar-refractivity contribution in [1.29, 1.82) is 0 Å². The molecule has 6 aromatic rings. The number of benzene rings is 2. The molecule has 0 bridgehead atoms. The quantitative estimate of drug-likeness (QED) is 0.323. The van der Waals surface area contributed by atoms with Gasteiger partial charge in [-0.3, -0.25) is 9.78 Å². The van der Waals surface area contributed by atoms with Gasteiger partial charge in [0.15, 0.2) is 0 Å². The summed E-state index contributed by atoms with van der Waals surface area (Å²) in [7, 11) is 0. The average molecular weight is 491 g/mol. The highest BCUT2D eigenvalue weighted by molar-refractivity contribution is 6.30. The Bertz CT molecular complexity index is 1730. The van der Waals surface area contributed by atoms with Crippen LogP contribution in [-0.2, 0) is 6.54 Å². The Balaban J connectivity index is 1.44. The number of aromatic nitrogens is 6. The third-order valence-corrected chi connectivity index (χ3v) is 6.16. The van der Waals surface area contributed by atoms with Crippen LogP contribution >= 0.6 is 11.6 Å². The van der Waals surface area contributed by atoms with Crippen LogP contribution in [0.1, 0.15) is 5.56 Å². The van der Waals surface area contributed by atoms with E-state index in [4.69, 9.17) is 16.6 Å². The van der Waals surface area contributed by atoms with Crippen molar-refractivity contribution in [1.82, 2.24) is 29.1 Å². The Morgan fingerprint density at radius 2 is 1.53 bits per heavy atom. The van der Waals surface area contributed by atoms with Gasteiger partial charge in [0.25, 0.3) is 5.56 Å². The van der Waals surface area contributed by atoms with Gasteiger partial charge < -0.3 is 4.57 Å². The van der Waals surface area contributed by atoms with Crippen molar-refractivity contribution in [2.45, 2.75) is 6.54 Å². The number of hydrogen-bond acceptors (Lipinski definition) is 5. The molecule has 8 heteroatoms. The van der Waals surface area contributed by atoms with Gasteiger partial charge in [-0.15, -0.1) is 0 Å². The van der Waals surface area contributed by atoms with Crippen molar-refractivity contribution in [2.24, 2.45) is 0 Å². The molecule has 6 rings (SSSR count).